The zero-order valence-corrected chi connectivity index (χ0v) is 8.11. The smallest absolute Gasteiger partial charge is 0.124 e. The van der Waals surface area contributed by atoms with E-state index < -0.39 is 6.67 Å². The summed E-state index contributed by atoms with van der Waals surface area (Å²) in [5.41, 5.74) is 2.20. The lowest BCUT2D eigenvalue weighted by Crippen LogP contribution is -1.91. The lowest BCUT2D eigenvalue weighted by molar-refractivity contribution is -0.107. The quantitative estimate of drug-likeness (QED) is 0.717. The molecule has 0 atom stereocenters. The number of carbonyl (C=O) groups is 1. The number of hydrogen-bond donors (Lipinski definition) is 0. The maximum atomic E-state index is 12.7. The third kappa shape index (κ3) is 1.86. The van der Waals surface area contributed by atoms with Gasteiger partial charge in [-0.15, -0.1) is 0 Å². The molecule has 0 amide bonds. The zero-order chi connectivity index (χ0) is 10.7. The largest absolute Gasteiger partial charge is 0.303 e. The molecule has 0 aliphatic rings. The third-order valence-corrected chi connectivity index (χ3v) is 2.34. The number of carbonyl (C=O) groups excluding carboxylic acids is 1. The molecule has 1 heterocycles. The fourth-order valence-corrected chi connectivity index (χ4v) is 1.58. The van der Waals surface area contributed by atoms with Crippen LogP contribution in [0.4, 0.5) is 4.39 Å². The Balaban J connectivity index is 2.61. The first-order valence-electron chi connectivity index (χ1n) is 4.71. The molecule has 0 saturated carbocycles. The van der Waals surface area contributed by atoms with Gasteiger partial charge in [0.25, 0.3) is 0 Å². The van der Waals surface area contributed by atoms with E-state index in [2.05, 4.69) is 4.98 Å². The Bertz CT molecular complexity index is 496. The van der Waals surface area contributed by atoms with Crippen molar-refractivity contribution in [2.75, 3.05) is 0 Å². The maximum Gasteiger partial charge on any atom is 0.124 e. The van der Waals surface area contributed by atoms with Gasteiger partial charge < -0.3 is 4.79 Å². The topological polar surface area (TPSA) is 30.0 Å². The number of alkyl halides is 1. The molecule has 0 unspecified atom stereocenters. The number of pyridine rings is 1. The number of rotatable bonds is 3. The Kier molecular flexibility index (Phi) is 2.72. The highest BCUT2D eigenvalue weighted by Crippen LogP contribution is 2.19. The van der Waals surface area contributed by atoms with Gasteiger partial charge in [0.15, 0.2) is 0 Å². The third-order valence-electron chi connectivity index (χ3n) is 2.34. The second kappa shape index (κ2) is 4.17. The predicted octanol–water partition coefficient (Wildman–Crippen LogP) is 2.45. The molecule has 0 N–H and O–H groups in total. The molecule has 0 spiro atoms. The Morgan fingerprint density at radius 2 is 2.27 bits per heavy atom. The van der Waals surface area contributed by atoms with Crippen LogP contribution in [0.1, 0.15) is 11.1 Å². The van der Waals surface area contributed by atoms with E-state index in [0.29, 0.717) is 12.0 Å². The van der Waals surface area contributed by atoms with E-state index >= 15 is 0 Å². The standard InChI is InChI=1S/C12H10FNO/c13-7-10-2-1-3-12-11(10)6-9(4-5-15)8-14-12/h1-3,5-6,8H,4,7H2. The lowest BCUT2D eigenvalue weighted by Gasteiger charge is -2.03. The molecule has 3 heteroatoms. The normalized spacial score (nSPS) is 10.5. The van der Waals surface area contributed by atoms with Crippen LogP contribution in [0.2, 0.25) is 0 Å². The number of nitrogens with zero attached hydrogens (tertiary/aromatic N) is 1. The fraction of sp³-hybridized carbons (Fsp3) is 0.167. The van der Waals surface area contributed by atoms with E-state index in [4.69, 9.17) is 0 Å². The monoisotopic (exact) mass is 203 g/mol. The van der Waals surface area contributed by atoms with Gasteiger partial charge in [-0.2, -0.15) is 0 Å². The second-order valence-corrected chi connectivity index (χ2v) is 3.33. The van der Waals surface area contributed by atoms with Crippen LogP contribution in [0.25, 0.3) is 10.9 Å². The number of halogens is 1. The van der Waals surface area contributed by atoms with Crippen LogP contribution in [-0.2, 0) is 17.9 Å². The molecule has 0 saturated heterocycles. The van der Waals surface area contributed by atoms with Gasteiger partial charge in [-0.1, -0.05) is 12.1 Å². The molecule has 2 nitrogen and oxygen atoms in total. The van der Waals surface area contributed by atoms with Crippen LogP contribution >= 0.6 is 0 Å². The molecule has 1 aromatic heterocycles. The molecule has 0 aliphatic heterocycles. The van der Waals surface area contributed by atoms with Crippen LogP contribution in [0.3, 0.4) is 0 Å². The molecular formula is C12H10FNO. The summed E-state index contributed by atoms with van der Waals surface area (Å²) >= 11 is 0. The average Bonchev–Trinajstić information content (AvgIpc) is 2.28. The minimum Gasteiger partial charge on any atom is -0.303 e. The van der Waals surface area contributed by atoms with Crippen molar-refractivity contribution in [3.8, 4) is 0 Å². The molecule has 15 heavy (non-hydrogen) atoms. The molecule has 0 fully saturated rings. The van der Waals surface area contributed by atoms with Crippen LogP contribution < -0.4 is 0 Å². The highest BCUT2D eigenvalue weighted by molar-refractivity contribution is 5.83. The van der Waals surface area contributed by atoms with E-state index in [-0.39, 0.29) is 0 Å². The van der Waals surface area contributed by atoms with Crippen LogP contribution in [0.5, 0.6) is 0 Å². The van der Waals surface area contributed by atoms with E-state index in [9.17, 15) is 9.18 Å². The predicted molar refractivity (Wildman–Crippen MR) is 56.3 cm³/mol. The minimum atomic E-state index is -0.510. The Labute approximate surface area is 86.8 Å². The zero-order valence-electron chi connectivity index (χ0n) is 8.11. The SMILES string of the molecule is O=CCc1cnc2cccc(CF)c2c1. The molecule has 1 aromatic carbocycles. The van der Waals surface area contributed by atoms with Gasteiger partial charge >= 0.3 is 0 Å². The molecule has 0 bridgehead atoms. The lowest BCUT2D eigenvalue weighted by atomic mass is 10.1. The van der Waals surface area contributed by atoms with Crippen molar-refractivity contribution in [1.82, 2.24) is 4.98 Å². The van der Waals surface area contributed by atoms with Crippen molar-refractivity contribution in [1.29, 1.82) is 0 Å². The van der Waals surface area contributed by atoms with E-state index in [1.807, 2.05) is 12.1 Å². The van der Waals surface area contributed by atoms with E-state index in [1.54, 1.807) is 18.3 Å². The van der Waals surface area contributed by atoms with Crippen molar-refractivity contribution in [3.63, 3.8) is 0 Å². The number of fused-ring (bicyclic) bond motifs is 1. The van der Waals surface area contributed by atoms with Crippen molar-refractivity contribution in [2.24, 2.45) is 0 Å². The Morgan fingerprint density at radius 1 is 1.40 bits per heavy atom. The molecular weight excluding hydrogens is 193 g/mol. The molecule has 76 valence electrons. The summed E-state index contributed by atoms with van der Waals surface area (Å²) in [5, 5.41) is 0.791. The van der Waals surface area contributed by atoms with Crippen molar-refractivity contribution in [2.45, 2.75) is 13.1 Å². The van der Waals surface area contributed by atoms with Crippen LogP contribution in [0.15, 0.2) is 30.5 Å². The van der Waals surface area contributed by atoms with Gasteiger partial charge in [-0.25, -0.2) is 4.39 Å². The summed E-state index contributed by atoms with van der Waals surface area (Å²) < 4.78 is 12.7. The molecule has 2 rings (SSSR count). The molecule has 0 aliphatic carbocycles. The van der Waals surface area contributed by atoms with Crippen molar-refractivity contribution >= 4 is 17.2 Å². The van der Waals surface area contributed by atoms with Crippen LogP contribution in [-0.4, -0.2) is 11.3 Å². The van der Waals surface area contributed by atoms with E-state index in [1.165, 1.54) is 0 Å². The van der Waals surface area contributed by atoms with Gasteiger partial charge in [0.1, 0.15) is 13.0 Å². The van der Waals surface area contributed by atoms with Gasteiger partial charge in [0.2, 0.25) is 0 Å². The summed E-state index contributed by atoms with van der Waals surface area (Å²) in [6.07, 6.45) is 2.79. The molecule has 0 radical (unpaired) electrons. The average molecular weight is 203 g/mol. The van der Waals surface area contributed by atoms with Gasteiger partial charge in [-0.05, 0) is 23.3 Å². The summed E-state index contributed by atoms with van der Waals surface area (Å²) in [6, 6.07) is 7.17. The van der Waals surface area contributed by atoms with Gasteiger partial charge in [0.05, 0.1) is 5.52 Å². The highest BCUT2D eigenvalue weighted by atomic mass is 19.1. The number of benzene rings is 1. The van der Waals surface area contributed by atoms with Gasteiger partial charge in [-0.3, -0.25) is 4.98 Å². The van der Waals surface area contributed by atoms with E-state index in [0.717, 1.165) is 22.8 Å². The summed E-state index contributed by atoms with van der Waals surface area (Å²) in [4.78, 5) is 14.5. The summed E-state index contributed by atoms with van der Waals surface area (Å²) in [6.45, 7) is -0.510. The Morgan fingerprint density at radius 3 is 3.00 bits per heavy atom. The van der Waals surface area contributed by atoms with Gasteiger partial charge in [0, 0.05) is 18.0 Å². The van der Waals surface area contributed by atoms with Crippen molar-refractivity contribution < 1.29 is 9.18 Å². The first kappa shape index (κ1) is 9.77. The number of hydrogen-bond acceptors (Lipinski definition) is 2. The Hall–Kier alpha value is -1.77. The first-order valence-corrected chi connectivity index (χ1v) is 4.71. The van der Waals surface area contributed by atoms with Crippen molar-refractivity contribution in [3.05, 3.63) is 41.6 Å². The fourth-order valence-electron chi connectivity index (χ4n) is 1.58. The molecule has 2 aromatic rings. The maximum absolute atomic E-state index is 12.7. The number of aromatic nitrogens is 1. The second-order valence-electron chi connectivity index (χ2n) is 3.33. The minimum absolute atomic E-state index is 0.323. The summed E-state index contributed by atoms with van der Waals surface area (Å²) in [7, 11) is 0. The summed E-state index contributed by atoms with van der Waals surface area (Å²) in [5.74, 6) is 0. The number of aldehydes is 1. The first-order chi connectivity index (χ1) is 7.35. The highest BCUT2D eigenvalue weighted by Gasteiger charge is 2.02. The van der Waals surface area contributed by atoms with Crippen LogP contribution in [0, 0.1) is 0 Å².